The molecular weight excluding hydrogens is 308 g/mol. The van der Waals surface area contributed by atoms with Crippen molar-refractivity contribution in [2.45, 2.75) is 0 Å². The van der Waals surface area contributed by atoms with E-state index in [1.165, 1.54) is 11.3 Å². The molecule has 0 fully saturated rings. The monoisotopic (exact) mass is 324 g/mol. The number of anilines is 1. The average Bonchev–Trinajstić information content (AvgIpc) is 3.06. The Bertz CT molecular complexity index is 813. The second-order valence-corrected chi connectivity index (χ2v) is 6.04. The molecule has 0 aliphatic heterocycles. The Balaban J connectivity index is 1.77. The Labute approximate surface area is 139 Å². The van der Waals surface area contributed by atoms with Gasteiger partial charge in [0.1, 0.15) is 10.8 Å². The number of ether oxygens (including phenoxy) is 1. The normalized spacial score (nSPS) is 10.3. The van der Waals surface area contributed by atoms with E-state index in [4.69, 9.17) is 4.74 Å². The lowest BCUT2D eigenvalue weighted by Crippen LogP contribution is -2.11. The molecule has 0 aliphatic rings. The molecular formula is C18H16N2O2S. The molecule has 1 heterocycles. The zero-order chi connectivity index (χ0) is 16.2. The van der Waals surface area contributed by atoms with Crippen LogP contribution in [0.2, 0.25) is 0 Å². The van der Waals surface area contributed by atoms with Crippen molar-refractivity contribution in [1.82, 2.24) is 4.98 Å². The highest BCUT2D eigenvalue weighted by Gasteiger charge is 2.14. The fraction of sp³-hybridized carbons (Fsp3) is 0.111. The van der Waals surface area contributed by atoms with Gasteiger partial charge in [-0.1, -0.05) is 36.4 Å². The van der Waals surface area contributed by atoms with Crippen LogP contribution in [-0.4, -0.2) is 25.0 Å². The fourth-order valence-corrected chi connectivity index (χ4v) is 2.86. The first kappa shape index (κ1) is 15.2. The molecule has 3 rings (SSSR count). The van der Waals surface area contributed by atoms with Crippen LogP contribution in [0.3, 0.4) is 0 Å². The van der Waals surface area contributed by atoms with Crippen LogP contribution in [0.5, 0.6) is 5.75 Å². The SMILES string of the molecule is CN(C)c1cccc(OC(=O)c2csc(-c3ccccc3)n2)c1. The quantitative estimate of drug-likeness (QED) is 0.535. The van der Waals surface area contributed by atoms with Gasteiger partial charge >= 0.3 is 5.97 Å². The van der Waals surface area contributed by atoms with E-state index in [1.807, 2.05) is 67.5 Å². The standard InChI is InChI=1S/C18H16N2O2S/c1-20(2)14-9-6-10-15(11-14)22-18(21)16-12-23-17(19-16)13-7-4-3-5-8-13/h3-12H,1-2H3. The topological polar surface area (TPSA) is 42.4 Å². The molecule has 2 aromatic carbocycles. The number of carbonyl (C=O) groups excluding carboxylic acids is 1. The van der Waals surface area contributed by atoms with Gasteiger partial charge in [0.25, 0.3) is 0 Å². The van der Waals surface area contributed by atoms with E-state index in [-0.39, 0.29) is 0 Å². The molecule has 0 bridgehead atoms. The van der Waals surface area contributed by atoms with Crippen LogP contribution >= 0.6 is 11.3 Å². The molecule has 5 heteroatoms. The number of hydrogen-bond donors (Lipinski definition) is 0. The van der Waals surface area contributed by atoms with E-state index in [0.29, 0.717) is 11.4 Å². The third-order valence-corrected chi connectivity index (χ3v) is 4.17. The van der Waals surface area contributed by atoms with Crippen molar-refractivity contribution >= 4 is 23.0 Å². The van der Waals surface area contributed by atoms with Crippen molar-refractivity contribution in [1.29, 1.82) is 0 Å². The minimum absolute atomic E-state index is 0.323. The van der Waals surface area contributed by atoms with Crippen molar-refractivity contribution in [2.75, 3.05) is 19.0 Å². The van der Waals surface area contributed by atoms with Crippen LogP contribution in [0.15, 0.2) is 60.0 Å². The molecule has 0 spiro atoms. The second-order valence-electron chi connectivity index (χ2n) is 5.19. The summed E-state index contributed by atoms with van der Waals surface area (Å²) in [6, 6.07) is 17.2. The first-order valence-electron chi connectivity index (χ1n) is 7.14. The van der Waals surface area contributed by atoms with Gasteiger partial charge in [0.05, 0.1) is 0 Å². The minimum atomic E-state index is -0.445. The maximum atomic E-state index is 12.2. The number of nitrogens with zero attached hydrogens (tertiary/aromatic N) is 2. The average molecular weight is 324 g/mol. The Hall–Kier alpha value is -2.66. The summed E-state index contributed by atoms with van der Waals surface area (Å²) in [4.78, 5) is 18.6. The van der Waals surface area contributed by atoms with Crippen LogP contribution in [0.4, 0.5) is 5.69 Å². The molecule has 0 aliphatic carbocycles. The Morgan fingerprint density at radius 2 is 1.87 bits per heavy atom. The summed E-state index contributed by atoms with van der Waals surface area (Å²) in [5, 5.41) is 2.53. The van der Waals surface area contributed by atoms with Crippen molar-refractivity contribution in [3.63, 3.8) is 0 Å². The second kappa shape index (κ2) is 6.62. The largest absolute Gasteiger partial charge is 0.422 e. The third kappa shape index (κ3) is 3.57. The summed E-state index contributed by atoms with van der Waals surface area (Å²) in [5.41, 5.74) is 2.29. The number of aromatic nitrogens is 1. The maximum Gasteiger partial charge on any atom is 0.363 e. The molecule has 1 aromatic heterocycles. The van der Waals surface area contributed by atoms with Crippen LogP contribution in [0.25, 0.3) is 10.6 Å². The highest BCUT2D eigenvalue weighted by molar-refractivity contribution is 7.13. The predicted molar refractivity (Wildman–Crippen MR) is 93.3 cm³/mol. The molecule has 0 radical (unpaired) electrons. The molecule has 0 amide bonds. The lowest BCUT2D eigenvalue weighted by Gasteiger charge is -2.13. The molecule has 0 unspecified atom stereocenters. The molecule has 4 nitrogen and oxygen atoms in total. The minimum Gasteiger partial charge on any atom is -0.422 e. The van der Waals surface area contributed by atoms with E-state index in [2.05, 4.69) is 4.98 Å². The van der Waals surface area contributed by atoms with Gasteiger partial charge in [0.15, 0.2) is 5.69 Å². The van der Waals surface area contributed by atoms with Crippen LogP contribution in [0, 0.1) is 0 Å². The zero-order valence-corrected chi connectivity index (χ0v) is 13.7. The van der Waals surface area contributed by atoms with Gasteiger partial charge in [-0.05, 0) is 12.1 Å². The summed E-state index contributed by atoms with van der Waals surface area (Å²) >= 11 is 1.43. The fourth-order valence-electron chi connectivity index (χ4n) is 2.07. The van der Waals surface area contributed by atoms with E-state index in [9.17, 15) is 4.79 Å². The van der Waals surface area contributed by atoms with Crippen LogP contribution in [-0.2, 0) is 0 Å². The molecule has 3 aromatic rings. The van der Waals surface area contributed by atoms with Crippen molar-refractivity contribution in [3.8, 4) is 16.3 Å². The lowest BCUT2D eigenvalue weighted by atomic mass is 10.2. The lowest BCUT2D eigenvalue weighted by molar-refractivity contribution is 0.0729. The number of thiazole rings is 1. The molecule has 0 saturated heterocycles. The number of hydrogen-bond acceptors (Lipinski definition) is 5. The Kier molecular flexibility index (Phi) is 4.39. The molecule has 0 N–H and O–H groups in total. The predicted octanol–water partition coefficient (Wildman–Crippen LogP) is 4.10. The molecule has 116 valence electrons. The zero-order valence-electron chi connectivity index (χ0n) is 12.9. The van der Waals surface area contributed by atoms with Gasteiger partial charge in [0, 0.05) is 36.8 Å². The van der Waals surface area contributed by atoms with E-state index in [1.54, 1.807) is 11.4 Å². The molecule has 23 heavy (non-hydrogen) atoms. The number of benzene rings is 2. The van der Waals surface area contributed by atoms with Crippen molar-refractivity contribution in [2.24, 2.45) is 0 Å². The third-order valence-electron chi connectivity index (χ3n) is 3.28. The van der Waals surface area contributed by atoms with E-state index >= 15 is 0 Å². The van der Waals surface area contributed by atoms with Gasteiger partial charge in [-0.3, -0.25) is 0 Å². The summed E-state index contributed by atoms with van der Waals surface area (Å²) in [6.07, 6.45) is 0. The first-order chi connectivity index (χ1) is 11.1. The Morgan fingerprint density at radius 3 is 2.61 bits per heavy atom. The van der Waals surface area contributed by atoms with Gasteiger partial charge in [-0.2, -0.15) is 0 Å². The van der Waals surface area contributed by atoms with Gasteiger partial charge < -0.3 is 9.64 Å². The van der Waals surface area contributed by atoms with Crippen molar-refractivity contribution < 1.29 is 9.53 Å². The number of carbonyl (C=O) groups is 1. The maximum absolute atomic E-state index is 12.2. The summed E-state index contributed by atoms with van der Waals surface area (Å²) in [6.45, 7) is 0. The smallest absolute Gasteiger partial charge is 0.363 e. The van der Waals surface area contributed by atoms with Gasteiger partial charge in [0.2, 0.25) is 0 Å². The highest BCUT2D eigenvalue weighted by atomic mass is 32.1. The summed E-state index contributed by atoms with van der Waals surface area (Å²) < 4.78 is 5.42. The molecule has 0 atom stereocenters. The summed E-state index contributed by atoms with van der Waals surface area (Å²) in [5.74, 6) is 0.0646. The van der Waals surface area contributed by atoms with E-state index in [0.717, 1.165) is 16.3 Å². The van der Waals surface area contributed by atoms with Crippen molar-refractivity contribution in [3.05, 3.63) is 65.7 Å². The first-order valence-corrected chi connectivity index (χ1v) is 8.02. The molecule has 0 saturated carbocycles. The van der Waals surface area contributed by atoms with Gasteiger partial charge in [-0.15, -0.1) is 11.3 Å². The van der Waals surface area contributed by atoms with Crippen LogP contribution in [0.1, 0.15) is 10.5 Å². The Morgan fingerprint density at radius 1 is 1.09 bits per heavy atom. The van der Waals surface area contributed by atoms with E-state index < -0.39 is 5.97 Å². The highest BCUT2D eigenvalue weighted by Crippen LogP contribution is 2.25. The van der Waals surface area contributed by atoms with Crippen LogP contribution < -0.4 is 9.64 Å². The number of esters is 1. The van der Waals surface area contributed by atoms with Gasteiger partial charge in [-0.25, -0.2) is 9.78 Å². The number of rotatable bonds is 4. The summed E-state index contributed by atoms with van der Waals surface area (Å²) in [7, 11) is 3.88.